The van der Waals surface area contributed by atoms with E-state index in [1.807, 2.05) is 30.5 Å². The van der Waals surface area contributed by atoms with Crippen LogP contribution in [0.1, 0.15) is 17.5 Å². The molecule has 7 nitrogen and oxygen atoms in total. The fourth-order valence-corrected chi connectivity index (χ4v) is 6.87. The Labute approximate surface area is 230 Å². The number of carbonyl (C=O) groups excluding carboxylic acids is 3. The molecule has 9 heteroatoms. The van der Waals surface area contributed by atoms with Gasteiger partial charge in [0, 0.05) is 22.9 Å². The van der Waals surface area contributed by atoms with Crippen LogP contribution in [0.4, 0.5) is 15.8 Å². The molecule has 0 radical (unpaired) electrons. The third kappa shape index (κ3) is 3.78. The number of methoxy groups -OCH3 is 1. The summed E-state index contributed by atoms with van der Waals surface area (Å²) in [7, 11) is 1.55. The minimum Gasteiger partial charge on any atom is -0.497 e. The number of rotatable bonds is 7. The second-order valence-corrected chi connectivity index (χ2v) is 11.0. The van der Waals surface area contributed by atoms with Crippen molar-refractivity contribution in [1.82, 2.24) is 5.32 Å². The van der Waals surface area contributed by atoms with Crippen molar-refractivity contribution in [1.29, 1.82) is 0 Å². The second kappa shape index (κ2) is 9.81. The van der Waals surface area contributed by atoms with E-state index in [0.29, 0.717) is 34.7 Å². The van der Waals surface area contributed by atoms with Crippen LogP contribution >= 0.6 is 11.8 Å². The number of imide groups is 1. The summed E-state index contributed by atoms with van der Waals surface area (Å²) in [5, 5.41) is 3.50. The van der Waals surface area contributed by atoms with E-state index in [-0.39, 0.29) is 24.4 Å². The lowest BCUT2D eigenvalue weighted by molar-refractivity contribution is -0.132. The van der Waals surface area contributed by atoms with E-state index in [9.17, 15) is 18.8 Å². The van der Waals surface area contributed by atoms with Crippen LogP contribution in [-0.2, 0) is 26.5 Å². The summed E-state index contributed by atoms with van der Waals surface area (Å²) in [5.41, 5.74) is 0.654. The van der Waals surface area contributed by atoms with Gasteiger partial charge in [-0.15, -0.1) is 0 Å². The van der Waals surface area contributed by atoms with Crippen LogP contribution in [0.15, 0.2) is 72.8 Å². The van der Waals surface area contributed by atoms with Gasteiger partial charge < -0.3 is 9.64 Å². The molecular formula is C30H28FN3O4S. The molecule has 0 bridgehead atoms. The molecular weight excluding hydrogens is 517 g/mol. The summed E-state index contributed by atoms with van der Waals surface area (Å²) in [6.45, 7) is 0.0170. The van der Waals surface area contributed by atoms with Crippen molar-refractivity contribution in [2.75, 3.05) is 28.9 Å². The Kier molecular flexibility index (Phi) is 6.43. The molecule has 200 valence electrons. The van der Waals surface area contributed by atoms with E-state index in [0.717, 1.165) is 5.75 Å². The highest BCUT2D eigenvalue weighted by molar-refractivity contribution is 7.98. The zero-order valence-electron chi connectivity index (χ0n) is 21.6. The first kappa shape index (κ1) is 25.6. The standard InChI is InChI=1S/C30H28FN3O4S/c1-38-20-13-11-19(12-14-20)34-27(35)25-23(15-16-39-2)32-30(26(25)28(34)36)21-8-4-6-10-24(21)33(29(30)37)17-18-7-3-5-9-22(18)31/h3-14,23,25-26,32H,15-17H2,1-2H3/t23-,25+,26+,30-/m0/s1. The number of nitrogens with one attached hydrogen (secondary N) is 1. The van der Waals surface area contributed by atoms with Crippen LogP contribution in [0.2, 0.25) is 0 Å². The molecule has 0 saturated carbocycles. The molecule has 0 aliphatic carbocycles. The first-order valence-electron chi connectivity index (χ1n) is 12.9. The van der Waals surface area contributed by atoms with E-state index in [2.05, 4.69) is 5.32 Å². The number of fused-ring (bicyclic) bond motifs is 4. The predicted molar refractivity (Wildman–Crippen MR) is 148 cm³/mol. The molecule has 3 aliphatic rings. The number of ether oxygens (including phenoxy) is 1. The molecule has 6 rings (SSSR count). The van der Waals surface area contributed by atoms with Crippen molar-refractivity contribution in [3.63, 3.8) is 0 Å². The molecule has 2 fully saturated rings. The summed E-state index contributed by atoms with van der Waals surface area (Å²) in [6.07, 6.45) is 2.60. The number of benzene rings is 3. The average molecular weight is 546 g/mol. The Balaban J connectivity index is 1.46. The molecule has 3 amide bonds. The highest BCUT2D eigenvalue weighted by atomic mass is 32.2. The summed E-state index contributed by atoms with van der Waals surface area (Å²) in [5.74, 6) is -1.75. The summed E-state index contributed by atoms with van der Waals surface area (Å²) >= 11 is 1.65. The fraction of sp³-hybridized carbons (Fsp3) is 0.300. The summed E-state index contributed by atoms with van der Waals surface area (Å²) in [4.78, 5) is 45.4. The lowest BCUT2D eigenvalue weighted by atomic mass is 9.76. The maximum absolute atomic E-state index is 14.7. The Hall–Kier alpha value is -3.69. The van der Waals surface area contributed by atoms with Gasteiger partial charge in [0.1, 0.15) is 17.1 Å². The molecule has 2 saturated heterocycles. The summed E-state index contributed by atoms with van der Waals surface area (Å²) < 4.78 is 19.9. The average Bonchev–Trinajstić information content (AvgIpc) is 3.52. The topological polar surface area (TPSA) is 79.0 Å². The van der Waals surface area contributed by atoms with Gasteiger partial charge in [0.15, 0.2) is 0 Å². The first-order valence-corrected chi connectivity index (χ1v) is 14.2. The molecule has 3 heterocycles. The zero-order chi connectivity index (χ0) is 27.3. The van der Waals surface area contributed by atoms with E-state index in [4.69, 9.17) is 4.74 Å². The second-order valence-electron chi connectivity index (χ2n) is 10.1. The smallest absolute Gasteiger partial charge is 0.253 e. The van der Waals surface area contributed by atoms with Gasteiger partial charge in [0.2, 0.25) is 11.8 Å². The van der Waals surface area contributed by atoms with Crippen LogP contribution in [0.5, 0.6) is 5.75 Å². The zero-order valence-corrected chi connectivity index (χ0v) is 22.4. The molecule has 0 aromatic heterocycles. The largest absolute Gasteiger partial charge is 0.497 e. The van der Waals surface area contributed by atoms with Gasteiger partial charge in [0.25, 0.3) is 5.91 Å². The Morgan fingerprint density at radius 3 is 2.41 bits per heavy atom. The Bertz CT molecular complexity index is 1460. The first-order chi connectivity index (χ1) is 18.9. The lowest BCUT2D eigenvalue weighted by Gasteiger charge is -2.30. The van der Waals surface area contributed by atoms with Gasteiger partial charge in [-0.25, -0.2) is 9.29 Å². The lowest BCUT2D eigenvalue weighted by Crippen LogP contribution is -2.55. The molecule has 0 unspecified atom stereocenters. The maximum atomic E-state index is 14.7. The van der Waals surface area contributed by atoms with Gasteiger partial charge in [-0.3, -0.25) is 19.7 Å². The van der Waals surface area contributed by atoms with Gasteiger partial charge in [-0.2, -0.15) is 11.8 Å². The number of thioether (sulfide) groups is 1. The molecule has 3 aromatic carbocycles. The number of para-hydroxylation sites is 1. The highest BCUT2D eigenvalue weighted by Crippen LogP contribution is 2.55. The Morgan fingerprint density at radius 2 is 1.69 bits per heavy atom. The predicted octanol–water partition coefficient (Wildman–Crippen LogP) is 4.11. The normalized spacial score (nSPS) is 25.5. The quantitative estimate of drug-likeness (QED) is 0.451. The van der Waals surface area contributed by atoms with Crippen molar-refractivity contribution in [2.45, 2.75) is 24.5 Å². The maximum Gasteiger partial charge on any atom is 0.253 e. The van der Waals surface area contributed by atoms with Gasteiger partial charge in [0.05, 0.1) is 31.2 Å². The van der Waals surface area contributed by atoms with E-state index < -0.39 is 29.1 Å². The number of hydrogen-bond donors (Lipinski definition) is 1. The minimum absolute atomic E-state index is 0.0170. The minimum atomic E-state index is -1.43. The third-order valence-electron chi connectivity index (χ3n) is 8.12. The van der Waals surface area contributed by atoms with Crippen LogP contribution in [0.3, 0.4) is 0 Å². The van der Waals surface area contributed by atoms with Crippen LogP contribution in [-0.4, -0.2) is 42.9 Å². The number of halogens is 1. The number of hydrogen-bond acceptors (Lipinski definition) is 6. The van der Waals surface area contributed by atoms with Crippen molar-refractivity contribution in [3.8, 4) is 5.75 Å². The molecule has 3 aromatic rings. The van der Waals surface area contributed by atoms with Crippen molar-refractivity contribution in [2.24, 2.45) is 11.8 Å². The van der Waals surface area contributed by atoms with E-state index in [1.54, 1.807) is 66.2 Å². The number of anilines is 2. The molecule has 1 spiro atoms. The molecule has 3 aliphatic heterocycles. The highest BCUT2D eigenvalue weighted by Gasteiger charge is 2.71. The number of amides is 3. The van der Waals surface area contributed by atoms with E-state index in [1.165, 1.54) is 11.0 Å². The number of nitrogens with zero attached hydrogens (tertiary/aromatic N) is 2. The van der Waals surface area contributed by atoms with E-state index >= 15 is 0 Å². The molecule has 1 N–H and O–H groups in total. The van der Waals surface area contributed by atoms with Gasteiger partial charge in [-0.1, -0.05) is 36.4 Å². The monoisotopic (exact) mass is 545 g/mol. The third-order valence-corrected chi connectivity index (χ3v) is 8.76. The van der Waals surface area contributed by atoms with Crippen molar-refractivity contribution >= 4 is 40.9 Å². The van der Waals surface area contributed by atoms with Crippen molar-refractivity contribution in [3.05, 3.63) is 89.7 Å². The van der Waals surface area contributed by atoms with Crippen LogP contribution in [0.25, 0.3) is 0 Å². The van der Waals surface area contributed by atoms with Gasteiger partial charge >= 0.3 is 0 Å². The Morgan fingerprint density at radius 1 is 0.974 bits per heavy atom. The summed E-state index contributed by atoms with van der Waals surface area (Å²) in [6, 6.07) is 20.0. The fourth-order valence-electron chi connectivity index (χ4n) is 6.38. The number of carbonyl (C=O) groups is 3. The van der Waals surface area contributed by atoms with Crippen LogP contribution in [0, 0.1) is 17.7 Å². The van der Waals surface area contributed by atoms with Crippen molar-refractivity contribution < 1.29 is 23.5 Å². The molecule has 39 heavy (non-hydrogen) atoms. The van der Waals surface area contributed by atoms with Gasteiger partial charge in [-0.05, 0) is 54.8 Å². The van der Waals surface area contributed by atoms with Crippen LogP contribution < -0.4 is 19.9 Å². The SMILES string of the molecule is COc1ccc(N2C(=O)[C@@H]3[C@H](CCSC)N[C@]4(C(=O)N(Cc5ccccc5F)c5ccccc54)[C@H]3C2=O)cc1. The molecule has 4 atom stereocenters.